The van der Waals surface area contributed by atoms with Crippen LogP contribution in [0.15, 0.2) is 24.3 Å². The minimum Gasteiger partial charge on any atom is -0.337 e. The van der Waals surface area contributed by atoms with Crippen molar-refractivity contribution in [1.29, 1.82) is 0 Å². The Hall–Kier alpha value is -2.63. The maximum absolute atomic E-state index is 13.2. The molecule has 28 heavy (non-hydrogen) atoms. The van der Waals surface area contributed by atoms with Crippen LogP contribution in [0.1, 0.15) is 71.9 Å². The van der Waals surface area contributed by atoms with E-state index in [0.717, 1.165) is 55.6 Å². The predicted octanol–water partition coefficient (Wildman–Crippen LogP) is 4.04. The van der Waals surface area contributed by atoms with E-state index < -0.39 is 0 Å². The van der Waals surface area contributed by atoms with Gasteiger partial charge in [-0.3, -0.25) is 9.59 Å². The number of rotatable bonds is 7. The van der Waals surface area contributed by atoms with E-state index >= 15 is 0 Å². The lowest BCUT2D eigenvalue weighted by molar-refractivity contribution is 0.0748. The first-order chi connectivity index (χ1) is 13.5. The summed E-state index contributed by atoms with van der Waals surface area (Å²) >= 11 is 0. The molecule has 1 aromatic heterocycles. The number of nitrogens with one attached hydrogen (secondary N) is 1. The predicted molar refractivity (Wildman–Crippen MR) is 111 cm³/mol. The van der Waals surface area contributed by atoms with Crippen LogP contribution in [0.3, 0.4) is 0 Å². The lowest BCUT2D eigenvalue weighted by atomic mass is 10.1. The Morgan fingerprint density at radius 2 is 1.93 bits per heavy atom. The van der Waals surface area contributed by atoms with Crippen molar-refractivity contribution in [3.8, 4) is 0 Å². The number of carbonyl (C=O) groups is 2. The number of fused-ring (bicyclic) bond motifs is 1. The summed E-state index contributed by atoms with van der Waals surface area (Å²) in [6.45, 7) is 8.28. The zero-order valence-corrected chi connectivity index (χ0v) is 17.1. The molecule has 2 aromatic rings. The van der Waals surface area contributed by atoms with Gasteiger partial charge in [0, 0.05) is 25.3 Å². The van der Waals surface area contributed by atoms with Gasteiger partial charge in [-0.1, -0.05) is 26.0 Å². The molecule has 6 nitrogen and oxygen atoms in total. The highest BCUT2D eigenvalue weighted by Gasteiger charge is 2.29. The van der Waals surface area contributed by atoms with Crippen LogP contribution in [-0.4, -0.2) is 39.4 Å². The number of imidazole rings is 1. The third-order valence-corrected chi connectivity index (χ3v) is 5.07. The van der Waals surface area contributed by atoms with E-state index in [0.29, 0.717) is 24.6 Å². The highest BCUT2D eigenvalue weighted by molar-refractivity contribution is 6.03. The summed E-state index contributed by atoms with van der Waals surface area (Å²) in [5.74, 6) is 0.0294. The van der Waals surface area contributed by atoms with Crippen LogP contribution in [0.4, 0.5) is 5.69 Å². The summed E-state index contributed by atoms with van der Waals surface area (Å²) in [6, 6.07) is 7.68. The van der Waals surface area contributed by atoms with Crippen LogP contribution < -0.4 is 5.32 Å². The number of benzene rings is 1. The first-order valence-corrected chi connectivity index (χ1v) is 10.3. The number of aryl methyl sites for hydroxylation is 1. The number of aromatic nitrogens is 2. The van der Waals surface area contributed by atoms with Crippen molar-refractivity contribution in [2.75, 3.05) is 18.4 Å². The van der Waals surface area contributed by atoms with E-state index in [2.05, 4.69) is 24.1 Å². The molecule has 0 bridgehead atoms. The second kappa shape index (κ2) is 9.04. The molecule has 1 aromatic carbocycles. The maximum Gasteiger partial charge on any atom is 0.291 e. The van der Waals surface area contributed by atoms with Gasteiger partial charge in [0.15, 0.2) is 5.82 Å². The van der Waals surface area contributed by atoms with Crippen molar-refractivity contribution in [3.05, 3.63) is 47.0 Å². The van der Waals surface area contributed by atoms with Gasteiger partial charge in [-0.05, 0) is 56.7 Å². The van der Waals surface area contributed by atoms with Crippen LogP contribution in [-0.2, 0) is 13.0 Å². The molecule has 0 atom stereocenters. The fraction of sp³-hybridized carbons (Fsp3) is 0.500. The highest BCUT2D eigenvalue weighted by Crippen LogP contribution is 2.23. The van der Waals surface area contributed by atoms with Crippen molar-refractivity contribution in [1.82, 2.24) is 14.5 Å². The van der Waals surface area contributed by atoms with Gasteiger partial charge < -0.3 is 14.8 Å². The summed E-state index contributed by atoms with van der Waals surface area (Å²) < 4.78 is 1.94. The molecule has 2 heterocycles. The van der Waals surface area contributed by atoms with Crippen LogP contribution in [0.25, 0.3) is 0 Å². The Morgan fingerprint density at radius 1 is 1.18 bits per heavy atom. The zero-order chi connectivity index (χ0) is 20.1. The van der Waals surface area contributed by atoms with Crippen LogP contribution in [0.2, 0.25) is 0 Å². The molecule has 0 saturated carbocycles. The van der Waals surface area contributed by atoms with Crippen LogP contribution in [0.5, 0.6) is 0 Å². The molecule has 1 aliphatic rings. The van der Waals surface area contributed by atoms with Crippen molar-refractivity contribution in [2.45, 2.75) is 59.4 Å². The van der Waals surface area contributed by atoms with E-state index in [1.807, 2.05) is 40.7 Å². The number of hydrogen-bond acceptors (Lipinski definition) is 3. The summed E-state index contributed by atoms with van der Waals surface area (Å²) in [4.78, 5) is 32.5. The number of amides is 2. The molecule has 1 aliphatic heterocycles. The molecule has 150 valence electrons. The van der Waals surface area contributed by atoms with E-state index in [1.165, 1.54) is 0 Å². The Morgan fingerprint density at radius 3 is 2.61 bits per heavy atom. The van der Waals surface area contributed by atoms with Gasteiger partial charge in [0.25, 0.3) is 11.8 Å². The summed E-state index contributed by atoms with van der Waals surface area (Å²) in [7, 11) is 0. The fourth-order valence-electron chi connectivity index (χ4n) is 3.80. The van der Waals surface area contributed by atoms with Crippen LogP contribution in [0, 0.1) is 6.92 Å². The highest BCUT2D eigenvalue weighted by atomic mass is 16.2. The van der Waals surface area contributed by atoms with Crippen molar-refractivity contribution < 1.29 is 9.59 Å². The van der Waals surface area contributed by atoms with E-state index in [4.69, 9.17) is 0 Å². The Kier molecular flexibility index (Phi) is 6.49. The van der Waals surface area contributed by atoms with E-state index in [1.54, 1.807) is 0 Å². The third kappa shape index (κ3) is 4.26. The Labute approximate surface area is 166 Å². The summed E-state index contributed by atoms with van der Waals surface area (Å²) in [5.41, 5.74) is 3.18. The normalized spacial score (nSPS) is 13.1. The largest absolute Gasteiger partial charge is 0.337 e. The van der Waals surface area contributed by atoms with Gasteiger partial charge in [-0.25, -0.2) is 4.98 Å². The van der Waals surface area contributed by atoms with Crippen molar-refractivity contribution >= 4 is 17.5 Å². The fourth-order valence-corrected chi connectivity index (χ4v) is 3.80. The van der Waals surface area contributed by atoms with Crippen molar-refractivity contribution in [3.63, 3.8) is 0 Å². The molecule has 0 unspecified atom stereocenters. The molecule has 6 heteroatoms. The molecule has 0 radical (unpaired) electrons. The third-order valence-electron chi connectivity index (χ3n) is 5.07. The molecule has 0 fully saturated rings. The zero-order valence-electron chi connectivity index (χ0n) is 17.1. The van der Waals surface area contributed by atoms with Gasteiger partial charge in [0.1, 0.15) is 5.69 Å². The average Bonchev–Trinajstić information content (AvgIpc) is 3.07. The van der Waals surface area contributed by atoms with Crippen LogP contribution >= 0.6 is 0 Å². The molecule has 0 saturated heterocycles. The number of carbonyl (C=O) groups excluding carboxylic acids is 2. The summed E-state index contributed by atoms with van der Waals surface area (Å²) in [6.07, 6.45) is 4.62. The first kappa shape index (κ1) is 20.1. The van der Waals surface area contributed by atoms with E-state index in [9.17, 15) is 9.59 Å². The molecular weight excluding hydrogens is 352 g/mol. The molecule has 2 amide bonds. The van der Waals surface area contributed by atoms with E-state index in [-0.39, 0.29) is 11.8 Å². The second-order valence-electron chi connectivity index (χ2n) is 7.46. The lowest BCUT2D eigenvalue weighted by Gasteiger charge is -2.22. The van der Waals surface area contributed by atoms with Crippen molar-refractivity contribution in [2.24, 2.45) is 0 Å². The maximum atomic E-state index is 13.2. The number of hydrogen-bond donors (Lipinski definition) is 1. The standard InChI is InChI=1S/C22H30N4O2/c1-4-12-25(13-5-2)22(28)19-18-11-6-7-14-26(18)20(24-19)21(27)23-17-10-8-9-16(3)15-17/h8-10,15H,4-7,11-14H2,1-3H3,(H,23,27). The lowest BCUT2D eigenvalue weighted by Crippen LogP contribution is -2.33. The van der Waals surface area contributed by atoms with Gasteiger partial charge in [-0.2, -0.15) is 0 Å². The number of nitrogens with zero attached hydrogens (tertiary/aromatic N) is 3. The average molecular weight is 383 g/mol. The van der Waals surface area contributed by atoms with Gasteiger partial charge in [-0.15, -0.1) is 0 Å². The summed E-state index contributed by atoms with van der Waals surface area (Å²) in [5, 5.41) is 2.93. The molecule has 3 rings (SSSR count). The SMILES string of the molecule is CCCN(CCC)C(=O)c1nc(C(=O)Nc2cccc(C)c2)n2c1CCCC2. The number of anilines is 1. The minimum atomic E-state index is -0.259. The molecule has 0 aliphatic carbocycles. The topological polar surface area (TPSA) is 67.2 Å². The van der Waals surface area contributed by atoms with Gasteiger partial charge in [0.2, 0.25) is 0 Å². The monoisotopic (exact) mass is 382 g/mol. The smallest absolute Gasteiger partial charge is 0.291 e. The Bertz CT molecular complexity index is 850. The first-order valence-electron chi connectivity index (χ1n) is 10.3. The van der Waals surface area contributed by atoms with Gasteiger partial charge in [0.05, 0.1) is 5.69 Å². The second-order valence-corrected chi connectivity index (χ2v) is 7.46. The molecule has 0 spiro atoms. The minimum absolute atomic E-state index is 0.0519. The quantitative estimate of drug-likeness (QED) is 0.786. The molecular formula is C22H30N4O2. The Balaban J connectivity index is 1.92. The van der Waals surface area contributed by atoms with Gasteiger partial charge >= 0.3 is 0 Å². The molecule has 1 N–H and O–H groups in total.